The van der Waals surface area contributed by atoms with Crippen molar-refractivity contribution < 1.29 is 8.83 Å². The van der Waals surface area contributed by atoms with Crippen LogP contribution in [0.15, 0.2) is 197 Å². The van der Waals surface area contributed by atoms with Gasteiger partial charge in [-0.05, 0) is 69.8 Å². The maximum Gasteiger partial charge on any atom is 0.164 e. The molecule has 0 aliphatic heterocycles. The van der Waals surface area contributed by atoms with E-state index in [2.05, 4.69) is 146 Å². The normalized spacial score (nSPS) is 11.6. The summed E-state index contributed by atoms with van der Waals surface area (Å²) in [7, 11) is 0. The van der Waals surface area contributed by atoms with Gasteiger partial charge >= 0.3 is 0 Å². The van der Waals surface area contributed by atoms with E-state index in [0.29, 0.717) is 17.5 Å². The Labute approximate surface area is 322 Å². The summed E-state index contributed by atoms with van der Waals surface area (Å²) < 4.78 is 12.7. The Hall–Kier alpha value is -7.63. The van der Waals surface area contributed by atoms with Crippen LogP contribution in [0.25, 0.3) is 111 Å². The first-order chi connectivity index (χ1) is 27.7. The summed E-state index contributed by atoms with van der Waals surface area (Å²) in [6.07, 6.45) is 0. The molecular weight excluding hydrogens is 687 g/mol. The van der Waals surface area contributed by atoms with Gasteiger partial charge in [-0.3, -0.25) is 0 Å². The molecule has 56 heavy (non-hydrogen) atoms. The largest absolute Gasteiger partial charge is 0.456 e. The van der Waals surface area contributed by atoms with Crippen molar-refractivity contribution >= 4 is 43.9 Å². The van der Waals surface area contributed by atoms with E-state index in [1.165, 1.54) is 11.1 Å². The number of rotatable bonds is 6. The van der Waals surface area contributed by atoms with E-state index in [9.17, 15) is 0 Å². The van der Waals surface area contributed by atoms with E-state index in [1.54, 1.807) is 0 Å². The number of hydrogen-bond donors (Lipinski definition) is 0. The molecule has 0 radical (unpaired) electrons. The first kappa shape index (κ1) is 31.9. The Morgan fingerprint density at radius 2 is 0.714 bits per heavy atom. The summed E-state index contributed by atoms with van der Waals surface area (Å²) in [5.74, 6) is 1.77. The molecule has 0 bridgehead atoms. The smallest absolute Gasteiger partial charge is 0.164 e. The summed E-state index contributed by atoms with van der Waals surface area (Å²) >= 11 is 0. The lowest BCUT2D eigenvalue weighted by molar-refractivity contribution is 0.668. The molecule has 0 saturated carbocycles. The highest BCUT2D eigenvalue weighted by molar-refractivity contribution is 6.13. The molecule has 5 heteroatoms. The minimum atomic E-state index is 0.578. The van der Waals surface area contributed by atoms with Crippen molar-refractivity contribution in [3.8, 4) is 67.5 Å². The molecule has 3 heterocycles. The lowest BCUT2D eigenvalue weighted by Gasteiger charge is -2.10. The fourth-order valence-electron chi connectivity index (χ4n) is 7.75. The monoisotopic (exact) mass is 717 g/mol. The molecular formula is C51H31N3O2. The fourth-order valence-corrected chi connectivity index (χ4v) is 7.75. The Morgan fingerprint density at radius 1 is 0.268 bits per heavy atom. The number of nitrogens with zero attached hydrogens (tertiary/aromatic N) is 3. The SMILES string of the molecule is c1ccc(-c2ccc(-c3nc(-c4ccc(-c5ccc6c(c5)oc5cccc(-c7ccccc7)c56)cc4)nc(-c4ccc5c(c4)oc4ccccc45)n3)cc2)cc1. The van der Waals surface area contributed by atoms with E-state index in [-0.39, 0.29) is 0 Å². The van der Waals surface area contributed by atoms with Gasteiger partial charge in [0.1, 0.15) is 22.3 Å². The van der Waals surface area contributed by atoms with E-state index in [1.807, 2.05) is 42.5 Å². The minimum Gasteiger partial charge on any atom is -0.456 e. The Bertz CT molecular complexity index is 3220. The summed E-state index contributed by atoms with van der Waals surface area (Å²) in [6.45, 7) is 0. The van der Waals surface area contributed by atoms with Gasteiger partial charge in [0.05, 0.1) is 0 Å². The van der Waals surface area contributed by atoms with Crippen LogP contribution in [0.2, 0.25) is 0 Å². The van der Waals surface area contributed by atoms with Gasteiger partial charge in [0.25, 0.3) is 0 Å². The van der Waals surface area contributed by atoms with Crippen LogP contribution >= 0.6 is 0 Å². The second-order valence-electron chi connectivity index (χ2n) is 14.0. The molecule has 0 spiro atoms. The second-order valence-corrected chi connectivity index (χ2v) is 14.0. The predicted molar refractivity (Wildman–Crippen MR) is 227 cm³/mol. The Morgan fingerprint density at radius 3 is 1.43 bits per heavy atom. The molecule has 0 fully saturated rings. The van der Waals surface area contributed by atoms with Gasteiger partial charge in [0.2, 0.25) is 0 Å². The van der Waals surface area contributed by atoms with Crippen LogP contribution in [-0.4, -0.2) is 15.0 Å². The van der Waals surface area contributed by atoms with Crippen LogP contribution in [0.5, 0.6) is 0 Å². The summed E-state index contributed by atoms with van der Waals surface area (Å²) in [5, 5.41) is 4.37. The highest BCUT2D eigenvalue weighted by Gasteiger charge is 2.17. The standard InChI is InChI=1S/C51H31N3O2/c1-3-10-32(11-4-1)33-18-22-36(23-19-33)49-52-50(54-51(53-49)39-27-28-42-41-14-7-8-16-44(41)55-46(42)31-39)37-24-20-34(21-25-37)38-26-29-43-47(30-38)56-45-17-9-15-40(48(43)45)35-12-5-2-6-13-35/h1-31H. The second kappa shape index (κ2) is 13.0. The summed E-state index contributed by atoms with van der Waals surface area (Å²) in [6, 6.07) is 64.6. The number of para-hydroxylation sites is 1. The molecule has 0 amide bonds. The van der Waals surface area contributed by atoms with Gasteiger partial charge < -0.3 is 8.83 Å². The first-order valence-electron chi connectivity index (χ1n) is 18.7. The van der Waals surface area contributed by atoms with Crippen LogP contribution in [0.4, 0.5) is 0 Å². The van der Waals surface area contributed by atoms with Crippen LogP contribution in [0.1, 0.15) is 0 Å². The predicted octanol–water partition coefficient (Wildman–Crippen LogP) is 13.7. The maximum absolute atomic E-state index is 6.42. The van der Waals surface area contributed by atoms with Crippen LogP contribution in [0.3, 0.4) is 0 Å². The third-order valence-corrected chi connectivity index (χ3v) is 10.6. The van der Waals surface area contributed by atoms with E-state index in [0.717, 1.165) is 82.8 Å². The highest BCUT2D eigenvalue weighted by Crippen LogP contribution is 2.39. The number of aromatic nitrogens is 3. The van der Waals surface area contributed by atoms with Gasteiger partial charge in [-0.25, -0.2) is 15.0 Å². The van der Waals surface area contributed by atoms with Gasteiger partial charge in [-0.15, -0.1) is 0 Å². The summed E-state index contributed by atoms with van der Waals surface area (Å²) in [4.78, 5) is 15.1. The topological polar surface area (TPSA) is 65.0 Å². The van der Waals surface area contributed by atoms with E-state index < -0.39 is 0 Å². The molecule has 11 rings (SSSR count). The average Bonchev–Trinajstić information content (AvgIpc) is 3.85. The van der Waals surface area contributed by atoms with E-state index in [4.69, 9.17) is 23.8 Å². The van der Waals surface area contributed by atoms with Crippen LogP contribution < -0.4 is 0 Å². The van der Waals surface area contributed by atoms with Crippen molar-refractivity contribution in [3.05, 3.63) is 188 Å². The molecule has 11 aromatic rings. The Kier molecular flexibility index (Phi) is 7.42. The molecule has 0 aliphatic rings. The number of hydrogen-bond acceptors (Lipinski definition) is 5. The van der Waals surface area contributed by atoms with Crippen molar-refractivity contribution in [1.82, 2.24) is 15.0 Å². The zero-order valence-corrected chi connectivity index (χ0v) is 30.1. The number of fused-ring (bicyclic) bond motifs is 6. The molecule has 8 aromatic carbocycles. The third-order valence-electron chi connectivity index (χ3n) is 10.6. The molecule has 0 saturated heterocycles. The van der Waals surface area contributed by atoms with Crippen LogP contribution in [0, 0.1) is 0 Å². The minimum absolute atomic E-state index is 0.578. The molecule has 262 valence electrons. The Balaban J connectivity index is 0.981. The van der Waals surface area contributed by atoms with Crippen LogP contribution in [-0.2, 0) is 0 Å². The van der Waals surface area contributed by atoms with Crippen molar-refractivity contribution in [1.29, 1.82) is 0 Å². The third kappa shape index (κ3) is 5.53. The van der Waals surface area contributed by atoms with Gasteiger partial charge in [0.15, 0.2) is 17.5 Å². The van der Waals surface area contributed by atoms with Crippen molar-refractivity contribution in [2.75, 3.05) is 0 Å². The molecule has 0 aliphatic carbocycles. The fraction of sp³-hybridized carbons (Fsp3) is 0. The maximum atomic E-state index is 6.42. The zero-order chi connectivity index (χ0) is 37.0. The number of benzene rings is 8. The lowest BCUT2D eigenvalue weighted by Crippen LogP contribution is -2.00. The number of furan rings is 2. The average molecular weight is 718 g/mol. The molecule has 3 aromatic heterocycles. The molecule has 5 nitrogen and oxygen atoms in total. The van der Waals surface area contributed by atoms with Crippen molar-refractivity contribution in [3.63, 3.8) is 0 Å². The molecule has 0 unspecified atom stereocenters. The molecule has 0 N–H and O–H groups in total. The quantitative estimate of drug-likeness (QED) is 0.171. The first-order valence-corrected chi connectivity index (χ1v) is 18.7. The van der Waals surface area contributed by atoms with E-state index >= 15 is 0 Å². The zero-order valence-electron chi connectivity index (χ0n) is 30.1. The highest BCUT2D eigenvalue weighted by atomic mass is 16.3. The summed E-state index contributed by atoms with van der Waals surface area (Å²) in [5.41, 5.74) is 12.8. The van der Waals surface area contributed by atoms with Gasteiger partial charge in [0, 0.05) is 38.2 Å². The van der Waals surface area contributed by atoms with Crippen molar-refractivity contribution in [2.45, 2.75) is 0 Å². The molecule has 0 atom stereocenters. The van der Waals surface area contributed by atoms with Crippen molar-refractivity contribution in [2.24, 2.45) is 0 Å². The van der Waals surface area contributed by atoms with Gasteiger partial charge in [-0.2, -0.15) is 0 Å². The van der Waals surface area contributed by atoms with Gasteiger partial charge in [-0.1, -0.05) is 152 Å². The lowest BCUT2D eigenvalue weighted by atomic mass is 9.98.